The maximum absolute atomic E-state index is 12.8. The molecule has 0 unspecified atom stereocenters. The summed E-state index contributed by atoms with van der Waals surface area (Å²) in [6.07, 6.45) is 3.79. The summed E-state index contributed by atoms with van der Waals surface area (Å²) in [7, 11) is 0. The zero-order chi connectivity index (χ0) is 23.3. The second kappa shape index (κ2) is 9.70. The molecule has 0 atom stereocenters. The molecule has 2 amide bonds. The Bertz CT molecular complexity index is 1290. The quantitative estimate of drug-likeness (QED) is 0.500. The maximum atomic E-state index is 12.8. The number of hydrogen-bond donors (Lipinski definition) is 1. The average molecular weight is 452 g/mol. The summed E-state index contributed by atoms with van der Waals surface area (Å²) in [6.45, 7) is 2.73. The van der Waals surface area contributed by atoms with Gasteiger partial charge in [0.1, 0.15) is 0 Å². The van der Waals surface area contributed by atoms with Gasteiger partial charge in [-0.25, -0.2) is 9.97 Å². The lowest BCUT2D eigenvalue weighted by Gasteiger charge is -2.34. The van der Waals surface area contributed by atoms with Crippen molar-refractivity contribution in [3.8, 4) is 0 Å². The SMILES string of the molecule is O=C(Nc1ccc(CC(=O)N2CCN(c3ncccn3)CC2)cc1)c1cccc2ccccc12. The number of aromatic nitrogens is 2. The van der Waals surface area contributed by atoms with Gasteiger partial charge in [0.15, 0.2) is 0 Å². The van der Waals surface area contributed by atoms with E-state index >= 15 is 0 Å². The van der Waals surface area contributed by atoms with Crippen LogP contribution in [0.25, 0.3) is 10.8 Å². The van der Waals surface area contributed by atoms with Crippen molar-refractivity contribution in [2.45, 2.75) is 6.42 Å². The van der Waals surface area contributed by atoms with Crippen LogP contribution in [0.3, 0.4) is 0 Å². The molecule has 4 aromatic rings. The molecule has 0 radical (unpaired) electrons. The second-order valence-corrected chi connectivity index (χ2v) is 8.27. The van der Waals surface area contributed by atoms with Crippen molar-refractivity contribution >= 4 is 34.2 Å². The molecule has 2 heterocycles. The molecular weight excluding hydrogens is 426 g/mol. The highest BCUT2D eigenvalue weighted by Gasteiger charge is 2.22. The fraction of sp³-hybridized carbons (Fsp3) is 0.185. The Labute approximate surface area is 198 Å². The summed E-state index contributed by atoms with van der Waals surface area (Å²) in [5.41, 5.74) is 2.25. The third-order valence-corrected chi connectivity index (χ3v) is 6.07. The van der Waals surface area contributed by atoms with Crippen LogP contribution >= 0.6 is 0 Å². The molecule has 7 nitrogen and oxygen atoms in total. The summed E-state index contributed by atoms with van der Waals surface area (Å²) < 4.78 is 0. The van der Waals surface area contributed by atoms with Gasteiger partial charge in [-0.2, -0.15) is 0 Å². The van der Waals surface area contributed by atoms with Crippen LogP contribution < -0.4 is 10.2 Å². The number of nitrogens with zero attached hydrogens (tertiary/aromatic N) is 4. The molecular formula is C27H25N5O2. The van der Waals surface area contributed by atoms with Gasteiger partial charge in [-0.15, -0.1) is 0 Å². The molecule has 3 aromatic carbocycles. The fourth-order valence-corrected chi connectivity index (χ4v) is 4.22. The van der Waals surface area contributed by atoms with Crippen LogP contribution in [0.1, 0.15) is 15.9 Å². The third kappa shape index (κ3) is 4.73. The predicted molar refractivity (Wildman–Crippen MR) is 133 cm³/mol. The minimum atomic E-state index is -0.152. The second-order valence-electron chi connectivity index (χ2n) is 8.27. The normalized spacial score (nSPS) is 13.6. The van der Waals surface area contributed by atoms with Gasteiger partial charge in [-0.3, -0.25) is 9.59 Å². The smallest absolute Gasteiger partial charge is 0.256 e. The molecule has 0 spiro atoms. The molecule has 0 bridgehead atoms. The number of carbonyl (C=O) groups is 2. The number of rotatable bonds is 5. The number of piperazine rings is 1. The Balaban J connectivity index is 1.17. The van der Waals surface area contributed by atoms with E-state index in [0.717, 1.165) is 29.4 Å². The van der Waals surface area contributed by atoms with E-state index in [9.17, 15) is 9.59 Å². The number of hydrogen-bond acceptors (Lipinski definition) is 5. The largest absolute Gasteiger partial charge is 0.339 e. The summed E-state index contributed by atoms with van der Waals surface area (Å²) in [4.78, 5) is 38.2. The first-order valence-corrected chi connectivity index (χ1v) is 11.4. The third-order valence-electron chi connectivity index (χ3n) is 6.07. The molecule has 0 saturated carbocycles. The first-order chi connectivity index (χ1) is 16.7. The first kappa shape index (κ1) is 21.6. The number of anilines is 2. The molecule has 1 aliphatic heterocycles. The molecule has 5 rings (SSSR count). The Kier molecular flexibility index (Phi) is 6.16. The highest BCUT2D eigenvalue weighted by Crippen LogP contribution is 2.20. The van der Waals surface area contributed by atoms with E-state index in [2.05, 4.69) is 20.2 Å². The number of fused-ring (bicyclic) bond motifs is 1. The monoisotopic (exact) mass is 451 g/mol. The van der Waals surface area contributed by atoms with E-state index in [1.54, 1.807) is 18.5 Å². The molecule has 1 aliphatic rings. The van der Waals surface area contributed by atoms with Gasteiger partial charge < -0.3 is 15.1 Å². The number of carbonyl (C=O) groups excluding carboxylic acids is 2. The lowest BCUT2D eigenvalue weighted by Crippen LogP contribution is -2.49. The molecule has 1 saturated heterocycles. The lowest BCUT2D eigenvalue weighted by atomic mass is 10.0. The lowest BCUT2D eigenvalue weighted by molar-refractivity contribution is -0.130. The van der Waals surface area contributed by atoms with Crippen LogP contribution in [0.2, 0.25) is 0 Å². The van der Waals surface area contributed by atoms with E-state index < -0.39 is 0 Å². The number of nitrogens with one attached hydrogen (secondary N) is 1. The van der Waals surface area contributed by atoms with Crippen LogP contribution in [0.15, 0.2) is 85.2 Å². The summed E-state index contributed by atoms with van der Waals surface area (Å²) >= 11 is 0. The molecule has 34 heavy (non-hydrogen) atoms. The van der Waals surface area contributed by atoms with Crippen molar-refractivity contribution in [2.24, 2.45) is 0 Å². The van der Waals surface area contributed by atoms with E-state index in [4.69, 9.17) is 0 Å². The summed E-state index contributed by atoms with van der Waals surface area (Å²) in [5, 5.41) is 4.91. The van der Waals surface area contributed by atoms with Gasteiger partial charge in [-0.05, 0) is 40.6 Å². The van der Waals surface area contributed by atoms with Gasteiger partial charge in [0.2, 0.25) is 11.9 Å². The molecule has 170 valence electrons. The molecule has 0 aliphatic carbocycles. The number of benzene rings is 3. The van der Waals surface area contributed by atoms with Gasteiger partial charge in [0, 0.05) is 49.8 Å². The summed E-state index contributed by atoms with van der Waals surface area (Å²) in [6, 6.07) is 22.8. The van der Waals surface area contributed by atoms with Crippen molar-refractivity contribution in [1.82, 2.24) is 14.9 Å². The van der Waals surface area contributed by atoms with Crippen molar-refractivity contribution in [3.05, 3.63) is 96.3 Å². The summed E-state index contributed by atoms with van der Waals surface area (Å²) in [5.74, 6) is 0.651. The van der Waals surface area contributed by atoms with Crippen LogP contribution in [-0.4, -0.2) is 52.9 Å². The Morgan fingerprint density at radius 2 is 1.50 bits per heavy atom. The Hall–Kier alpha value is -4.26. The topological polar surface area (TPSA) is 78.4 Å². The fourth-order valence-electron chi connectivity index (χ4n) is 4.22. The van der Waals surface area contributed by atoms with Crippen molar-refractivity contribution in [3.63, 3.8) is 0 Å². The number of amides is 2. The van der Waals surface area contributed by atoms with Gasteiger partial charge in [-0.1, -0.05) is 48.5 Å². The first-order valence-electron chi connectivity index (χ1n) is 11.4. The Morgan fingerprint density at radius 3 is 2.26 bits per heavy atom. The van der Waals surface area contributed by atoms with Crippen molar-refractivity contribution < 1.29 is 9.59 Å². The van der Waals surface area contributed by atoms with Gasteiger partial charge in [0.05, 0.1) is 6.42 Å². The van der Waals surface area contributed by atoms with Crippen LogP contribution in [0.5, 0.6) is 0 Å². The van der Waals surface area contributed by atoms with Gasteiger partial charge in [0.25, 0.3) is 5.91 Å². The molecule has 7 heteroatoms. The van der Waals surface area contributed by atoms with Crippen molar-refractivity contribution in [1.29, 1.82) is 0 Å². The standard InChI is InChI=1S/C27H25N5O2/c33-25(31-15-17-32(18-16-31)27-28-13-4-14-29-27)19-20-9-11-22(12-10-20)30-26(34)24-8-3-6-21-5-1-2-7-23(21)24/h1-14H,15-19H2,(H,30,34). The van der Waals surface area contributed by atoms with Crippen molar-refractivity contribution in [2.75, 3.05) is 36.4 Å². The zero-order valence-corrected chi connectivity index (χ0v) is 18.7. The minimum absolute atomic E-state index is 0.0983. The minimum Gasteiger partial charge on any atom is -0.339 e. The molecule has 1 aromatic heterocycles. The zero-order valence-electron chi connectivity index (χ0n) is 18.7. The van der Waals surface area contributed by atoms with Crippen LogP contribution in [0, 0.1) is 0 Å². The van der Waals surface area contributed by atoms with E-state index in [1.807, 2.05) is 71.6 Å². The van der Waals surface area contributed by atoms with Crippen LogP contribution in [-0.2, 0) is 11.2 Å². The highest BCUT2D eigenvalue weighted by molar-refractivity contribution is 6.12. The maximum Gasteiger partial charge on any atom is 0.256 e. The van der Waals surface area contributed by atoms with Crippen LogP contribution in [0.4, 0.5) is 11.6 Å². The Morgan fingerprint density at radius 1 is 0.794 bits per heavy atom. The van der Waals surface area contributed by atoms with E-state index in [0.29, 0.717) is 36.7 Å². The molecule has 1 N–H and O–H groups in total. The van der Waals surface area contributed by atoms with E-state index in [-0.39, 0.29) is 11.8 Å². The predicted octanol–water partition coefficient (Wildman–Crippen LogP) is 3.77. The average Bonchev–Trinajstić information content (AvgIpc) is 2.90. The van der Waals surface area contributed by atoms with E-state index in [1.165, 1.54) is 0 Å². The molecule has 1 fully saturated rings. The van der Waals surface area contributed by atoms with Gasteiger partial charge >= 0.3 is 0 Å². The highest BCUT2D eigenvalue weighted by atomic mass is 16.2.